The second-order valence-corrected chi connectivity index (χ2v) is 12.5. The molecular formula is C36H40N6O8. The number of hydrogen-bond acceptors (Lipinski definition) is 9. The van der Waals surface area contributed by atoms with Crippen LogP contribution in [0.25, 0.3) is 44.9 Å². The van der Waals surface area contributed by atoms with E-state index in [0.717, 1.165) is 27.8 Å². The molecule has 5 heterocycles. The van der Waals surface area contributed by atoms with Gasteiger partial charge in [0, 0.05) is 29.4 Å². The molecule has 2 aliphatic rings. The van der Waals surface area contributed by atoms with E-state index >= 15 is 0 Å². The summed E-state index contributed by atoms with van der Waals surface area (Å²) in [4.78, 5) is 66.4. The number of carbonyl (C=O) groups is 4. The van der Waals surface area contributed by atoms with E-state index in [4.69, 9.17) is 15.7 Å². The van der Waals surface area contributed by atoms with Gasteiger partial charge in [-0.3, -0.25) is 19.2 Å². The van der Waals surface area contributed by atoms with Gasteiger partial charge in [0.05, 0.1) is 47.1 Å². The number of carboxylic acids is 2. The number of hydrogen-bond donors (Lipinski definition) is 8. The molecule has 14 nitrogen and oxygen atoms in total. The number of fused-ring (bicyclic) bond motifs is 8. The summed E-state index contributed by atoms with van der Waals surface area (Å²) in [5.41, 5.74) is 14.4. The number of nitrogens with zero attached hydrogens (tertiary/aromatic N) is 2. The Bertz CT molecular complexity index is 2140. The lowest BCUT2D eigenvalue weighted by molar-refractivity contribution is -0.137. The maximum absolute atomic E-state index is 14.2. The average molecular weight is 685 g/mol. The van der Waals surface area contributed by atoms with E-state index in [1.165, 1.54) is 0 Å². The third kappa shape index (κ3) is 7.27. The van der Waals surface area contributed by atoms with E-state index in [9.17, 15) is 39.6 Å². The summed E-state index contributed by atoms with van der Waals surface area (Å²) in [6.45, 7) is 5.95. The molecule has 5 rings (SSSR count). The van der Waals surface area contributed by atoms with Crippen molar-refractivity contribution in [3.8, 4) is 0 Å². The lowest BCUT2D eigenvalue weighted by Gasteiger charge is -2.18. The van der Waals surface area contributed by atoms with Gasteiger partial charge in [-0.15, -0.1) is 0 Å². The van der Waals surface area contributed by atoms with Crippen molar-refractivity contribution < 1.29 is 39.6 Å². The largest absolute Gasteiger partial charge is 0.481 e. The number of aliphatic hydroxyl groups is 2. The van der Waals surface area contributed by atoms with Crippen molar-refractivity contribution in [3.05, 3.63) is 69.3 Å². The Morgan fingerprint density at radius 3 is 2.14 bits per heavy atom. The molecule has 0 saturated heterocycles. The Hall–Kier alpha value is -5.44. The number of nitrogens with two attached hydrogens (primary N) is 1. The van der Waals surface area contributed by atoms with Crippen molar-refractivity contribution in [2.75, 3.05) is 13.2 Å². The molecule has 0 unspecified atom stereocenters. The van der Waals surface area contributed by atoms with Gasteiger partial charge in [-0.05, 0) is 104 Å². The number of ketones is 1. The molecule has 0 aliphatic carbocycles. The summed E-state index contributed by atoms with van der Waals surface area (Å²) >= 11 is 0. The summed E-state index contributed by atoms with van der Waals surface area (Å²) in [7, 11) is 0. The fraction of sp³-hybridized carbons (Fsp3) is 0.333. The maximum Gasteiger partial charge on any atom is 0.303 e. The van der Waals surface area contributed by atoms with Gasteiger partial charge in [-0.2, -0.15) is 0 Å². The van der Waals surface area contributed by atoms with Crippen molar-refractivity contribution in [1.29, 1.82) is 0 Å². The second-order valence-electron chi connectivity index (χ2n) is 12.5. The van der Waals surface area contributed by atoms with Gasteiger partial charge in [-0.25, -0.2) is 9.97 Å². The van der Waals surface area contributed by atoms with Crippen LogP contribution in [0.4, 0.5) is 0 Å². The van der Waals surface area contributed by atoms with E-state index in [1.807, 2.05) is 26.8 Å². The minimum absolute atomic E-state index is 0.100. The van der Waals surface area contributed by atoms with Crippen molar-refractivity contribution in [2.45, 2.75) is 65.5 Å². The van der Waals surface area contributed by atoms with Gasteiger partial charge in [0.25, 0.3) is 0 Å². The molecule has 3 aromatic rings. The maximum atomic E-state index is 14.2. The first kappa shape index (κ1) is 35.9. The zero-order valence-corrected chi connectivity index (χ0v) is 28.2. The Labute approximate surface area is 286 Å². The molecule has 2 aliphatic heterocycles. The second kappa shape index (κ2) is 14.6. The average Bonchev–Trinajstić information content (AvgIpc) is 3.77. The predicted octanol–water partition coefficient (Wildman–Crippen LogP) is 3.28. The van der Waals surface area contributed by atoms with E-state index in [1.54, 1.807) is 31.2 Å². The van der Waals surface area contributed by atoms with Gasteiger partial charge >= 0.3 is 11.9 Å². The van der Waals surface area contributed by atoms with E-state index < -0.39 is 48.9 Å². The van der Waals surface area contributed by atoms with Crippen LogP contribution in [0, 0.1) is 13.8 Å². The molecule has 8 bridgehead atoms. The minimum Gasteiger partial charge on any atom is -0.481 e. The zero-order chi connectivity index (χ0) is 36.4. The third-order valence-electron chi connectivity index (χ3n) is 9.01. The summed E-state index contributed by atoms with van der Waals surface area (Å²) < 4.78 is 0. The summed E-state index contributed by atoms with van der Waals surface area (Å²) in [6.07, 6.45) is 1.99. The normalized spacial score (nSPS) is 13.9. The van der Waals surface area contributed by atoms with Crippen LogP contribution in [-0.4, -0.2) is 89.3 Å². The van der Waals surface area contributed by atoms with E-state index in [2.05, 4.69) is 15.3 Å². The minimum atomic E-state index is -1.40. The first-order chi connectivity index (χ1) is 23.7. The standard InChI is InChI=1S/C36H40N6O8/c1-16-10-29-33(35(49)30(15-44)42-36(50)23(37)14-43)34-17(2)9-20(38-34)11-25-18(3)21(5-7-31(45)46)27(40-25)13-28-22(6-8-32(47)48)19(4)26(41-28)12-24(16)39-29/h9-13,23,30,39-40,43-44H,5-8,14-15,37H2,1-4H3,(H,42,50)(H,45,46)(H,47,48)/t23-,30-/m0/s1. The van der Waals surface area contributed by atoms with Crippen LogP contribution in [0.2, 0.25) is 0 Å². The van der Waals surface area contributed by atoms with Crippen LogP contribution in [0.15, 0.2) is 24.3 Å². The summed E-state index contributed by atoms with van der Waals surface area (Å²) in [5, 5.41) is 41.0. The summed E-state index contributed by atoms with van der Waals surface area (Å²) in [5.74, 6) is -3.37. The van der Waals surface area contributed by atoms with Crippen molar-refractivity contribution in [2.24, 2.45) is 5.73 Å². The molecule has 1 amide bonds. The smallest absolute Gasteiger partial charge is 0.303 e. The van der Waals surface area contributed by atoms with Gasteiger partial charge in [0.15, 0.2) is 5.78 Å². The number of aliphatic hydroxyl groups excluding tert-OH is 2. The van der Waals surface area contributed by atoms with Gasteiger partial charge < -0.3 is 41.4 Å². The Morgan fingerprint density at radius 1 is 0.820 bits per heavy atom. The number of aryl methyl sites for hydroxylation is 3. The number of aromatic amines is 2. The molecule has 50 heavy (non-hydrogen) atoms. The van der Waals surface area contributed by atoms with Gasteiger partial charge in [0.2, 0.25) is 5.91 Å². The Morgan fingerprint density at radius 2 is 1.48 bits per heavy atom. The van der Waals surface area contributed by atoms with Gasteiger partial charge in [0.1, 0.15) is 12.1 Å². The molecular weight excluding hydrogens is 644 g/mol. The number of H-pyrrole nitrogens is 2. The number of aromatic nitrogens is 4. The molecule has 0 spiro atoms. The van der Waals surface area contributed by atoms with Gasteiger partial charge in [-0.1, -0.05) is 0 Å². The topological polar surface area (TPSA) is 245 Å². The first-order valence-corrected chi connectivity index (χ1v) is 16.1. The lowest BCUT2D eigenvalue weighted by Crippen LogP contribution is -2.51. The number of aliphatic carboxylic acids is 2. The predicted molar refractivity (Wildman–Crippen MR) is 188 cm³/mol. The van der Waals surface area contributed by atoms with Crippen LogP contribution in [0.1, 0.15) is 82.9 Å². The molecule has 9 N–H and O–H groups in total. The lowest BCUT2D eigenvalue weighted by atomic mass is 9.99. The van der Waals surface area contributed by atoms with Crippen LogP contribution < -0.4 is 11.1 Å². The molecule has 2 atom stereocenters. The molecule has 14 heteroatoms. The number of carboxylic acid groups (broad SMARTS) is 2. The Balaban J connectivity index is 1.87. The van der Waals surface area contributed by atoms with Crippen LogP contribution >= 0.6 is 0 Å². The van der Waals surface area contributed by atoms with Crippen molar-refractivity contribution >= 4 is 68.5 Å². The van der Waals surface area contributed by atoms with E-state index in [-0.39, 0.29) is 31.2 Å². The third-order valence-corrected chi connectivity index (χ3v) is 9.01. The van der Waals surface area contributed by atoms with Crippen molar-refractivity contribution in [3.63, 3.8) is 0 Å². The SMILES string of the molecule is CC1=Cc2cc3[nH]c(cc4nc(cc5[nH]c(cc5C)c(C(=O)[C@H](CO)NC(=O)[C@@H](N)CO)c1n2)C(C)=C4CCC(=O)O)c(CCC(=O)O)c3C. The number of Topliss-reactive ketones (excluding diaryl/α,β-unsaturated/α-hetero) is 1. The first-order valence-electron chi connectivity index (χ1n) is 16.1. The summed E-state index contributed by atoms with van der Waals surface area (Å²) in [6, 6.07) is 4.47. The number of carbonyl (C=O) groups excluding carboxylic acids is 2. The highest BCUT2D eigenvalue weighted by atomic mass is 16.4. The van der Waals surface area contributed by atoms with Crippen LogP contribution in [0.3, 0.4) is 0 Å². The Kier molecular flexibility index (Phi) is 10.5. The quantitative estimate of drug-likeness (QED) is 0.129. The zero-order valence-electron chi connectivity index (χ0n) is 28.2. The molecule has 3 aromatic heterocycles. The van der Waals surface area contributed by atoms with E-state index in [0.29, 0.717) is 50.4 Å². The number of nitrogens with one attached hydrogen (secondary N) is 3. The molecule has 0 aromatic carbocycles. The fourth-order valence-electron chi connectivity index (χ4n) is 6.19. The molecule has 0 saturated carbocycles. The number of rotatable bonds is 12. The highest BCUT2D eigenvalue weighted by Gasteiger charge is 2.29. The van der Waals surface area contributed by atoms with Crippen molar-refractivity contribution in [1.82, 2.24) is 25.3 Å². The monoisotopic (exact) mass is 684 g/mol. The fourth-order valence-corrected chi connectivity index (χ4v) is 6.19. The van der Waals surface area contributed by atoms with Crippen LogP contribution in [-0.2, 0) is 20.8 Å². The number of amides is 1. The highest BCUT2D eigenvalue weighted by molar-refractivity contribution is 6.11. The highest BCUT2D eigenvalue weighted by Crippen LogP contribution is 2.35. The number of allylic oxidation sites excluding steroid dienone is 3. The molecule has 0 radical (unpaired) electrons. The molecule has 262 valence electrons. The van der Waals surface area contributed by atoms with Crippen LogP contribution in [0.5, 0.6) is 0 Å². The molecule has 0 fully saturated rings.